The summed E-state index contributed by atoms with van der Waals surface area (Å²) in [6.07, 6.45) is 6.41. The number of carbonyl (C=O) groups excluding carboxylic acids is 1. The maximum Gasteiger partial charge on any atom is 0.220 e. The summed E-state index contributed by atoms with van der Waals surface area (Å²) >= 11 is 0. The number of amides is 1. The van der Waals surface area contributed by atoms with Crippen molar-refractivity contribution in [1.29, 1.82) is 0 Å². The lowest BCUT2D eigenvalue weighted by Crippen LogP contribution is -2.31. The molecule has 1 fully saturated rings. The Bertz CT molecular complexity index is 698. The van der Waals surface area contributed by atoms with Gasteiger partial charge in [0, 0.05) is 36.7 Å². The summed E-state index contributed by atoms with van der Waals surface area (Å²) in [7, 11) is 0. The van der Waals surface area contributed by atoms with Gasteiger partial charge in [-0.1, -0.05) is 6.92 Å². The summed E-state index contributed by atoms with van der Waals surface area (Å²) in [5.41, 5.74) is 1.95. The van der Waals surface area contributed by atoms with Crippen molar-refractivity contribution in [2.75, 3.05) is 13.2 Å². The van der Waals surface area contributed by atoms with Crippen molar-refractivity contribution in [3.63, 3.8) is 0 Å². The van der Waals surface area contributed by atoms with Crippen LogP contribution in [0.5, 0.6) is 0 Å². The zero-order valence-corrected chi connectivity index (χ0v) is 14.1. The molecule has 0 unspecified atom stereocenters. The summed E-state index contributed by atoms with van der Waals surface area (Å²) in [6.45, 7) is 3.46. The first-order chi connectivity index (χ1) is 11.7. The molecule has 1 saturated heterocycles. The number of halogens is 1. The number of aromatic nitrogens is 1. The standard InChI is InChI=1S/C19H25FN2O2/c1-2-16-9-13(6-8-24-16)10-19(23)21-7-5-14-12-22-18-4-3-15(20)11-17(14)18/h3-4,11-13,16,22H,2,5-10H2,1H3,(H,21,23)/t13-,16+/m1/s1. The van der Waals surface area contributed by atoms with E-state index in [1.165, 1.54) is 12.1 Å². The fraction of sp³-hybridized carbons (Fsp3) is 0.526. The molecule has 1 aromatic carbocycles. The van der Waals surface area contributed by atoms with Gasteiger partial charge in [-0.25, -0.2) is 4.39 Å². The third-order valence-electron chi connectivity index (χ3n) is 4.85. The van der Waals surface area contributed by atoms with E-state index in [1.807, 2.05) is 6.20 Å². The quantitative estimate of drug-likeness (QED) is 0.850. The third-order valence-corrected chi connectivity index (χ3v) is 4.85. The normalized spacial score (nSPS) is 21.1. The minimum atomic E-state index is -0.239. The molecule has 2 aromatic rings. The molecule has 0 aliphatic carbocycles. The number of benzene rings is 1. The van der Waals surface area contributed by atoms with Crippen LogP contribution in [0.1, 0.15) is 38.2 Å². The number of nitrogens with one attached hydrogen (secondary N) is 2. The van der Waals surface area contributed by atoms with Crippen LogP contribution < -0.4 is 5.32 Å². The van der Waals surface area contributed by atoms with Crippen molar-refractivity contribution in [1.82, 2.24) is 10.3 Å². The van der Waals surface area contributed by atoms with Crippen LogP contribution in [-0.4, -0.2) is 30.1 Å². The van der Waals surface area contributed by atoms with E-state index >= 15 is 0 Å². The first-order valence-corrected chi connectivity index (χ1v) is 8.79. The smallest absolute Gasteiger partial charge is 0.220 e. The fourth-order valence-electron chi connectivity index (χ4n) is 3.46. The molecule has 3 rings (SSSR count). The molecule has 0 bridgehead atoms. The SMILES string of the molecule is CC[C@H]1C[C@H](CC(=O)NCCc2c[nH]c3ccc(F)cc23)CCO1. The number of fused-ring (bicyclic) bond motifs is 1. The summed E-state index contributed by atoms with van der Waals surface area (Å²) in [5, 5.41) is 3.88. The Kier molecular flexibility index (Phi) is 5.51. The van der Waals surface area contributed by atoms with Gasteiger partial charge in [0.25, 0.3) is 0 Å². The number of aromatic amines is 1. The minimum absolute atomic E-state index is 0.0998. The van der Waals surface area contributed by atoms with Crippen LogP contribution in [-0.2, 0) is 16.0 Å². The predicted molar refractivity (Wildman–Crippen MR) is 92.3 cm³/mol. The van der Waals surface area contributed by atoms with Gasteiger partial charge >= 0.3 is 0 Å². The van der Waals surface area contributed by atoms with E-state index in [1.54, 1.807) is 6.07 Å². The molecule has 0 radical (unpaired) electrons. The molecule has 1 aliphatic heterocycles. The lowest BCUT2D eigenvalue weighted by atomic mass is 9.91. The molecule has 5 heteroatoms. The van der Waals surface area contributed by atoms with Gasteiger partial charge < -0.3 is 15.0 Å². The van der Waals surface area contributed by atoms with Gasteiger partial charge in [0.05, 0.1) is 6.10 Å². The third kappa shape index (κ3) is 4.15. The average Bonchev–Trinajstić information content (AvgIpc) is 2.97. The Hall–Kier alpha value is -1.88. The van der Waals surface area contributed by atoms with E-state index < -0.39 is 0 Å². The largest absolute Gasteiger partial charge is 0.378 e. The van der Waals surface area contributed by atoms with Gasteiger partial charge in [-0.3, -0.25) is 4.79 Å². The number of rotatable bonds is 6. The highest BCUT2D eigenvalue weighted by Gasteiger charge is 2.23. The summed E-state index contributed by atoms with van der Waals surface area (Å²) in [6, 6.07) is 4.72. The van der Waals surface area contributed by atoms with E-state index in [2.05, 4.69) is 17.2 Å². The van der Waals surface area contributed by atoms with Gasteiger partial charge in [0.2, 0.25) is 5.91 Å². The van der Waals surface area contributed by atoms with Crippen LogP contribution in [0.3, 0.4) is 0 Å². The molecular weight excluding hydrogens is 307 g/mol. The monoisotopic (exact) mass is 332 g/mol. The molecule has 2 atom stereocenters. The van der Waals surface area contributed by atoms with E-state index in [0.717, 1.165) is 42.3 Å². The van der Waals surface area contributed by atoms with Crippen molar-refractivity contribution in [2.24, 2.45) is 5.92 Å². The Morgan fingerprint density at radius 3 is 3.17 bits per heavy atom. The van der Waals surface area contributed by atoms with Gasteiger partial charge in [-0.15, -0.1) is 0 Å². The number of ether oxygens (including phenoxy) is 1. The molecule has 24 heavy (non-hydrogen) atoms. The second-order valence-corrected chi connectivity index (χ2v) is 6.60. The van der Waals surface area contributed by atoms with Crippen molar-refractivity contribution < 1.29 is 13.9 Å². The molecule has 1 aromatic heterocycles. The highest BCUT2D eigenvalue weighted by Crippen LogP contribution is 2.24. The first kappa shape index (κ1) is 17.0. The molecule has 0 spiro atoms. The van der Waals surface area contributed by atoms with Crippen LogP contribution in [0.4, 0.5) is 4.39 Å². The Morgan fingerprint density at radius 2 is 2.33 bits per heavy atom. The Balaban J connectivity index is 1.47. The summed E-state index contributed by atoms with van der Waals surface area (Å²) < 4.78 is 19.0. The first-order valence-electron chi connectivity index (χ1n) is 8.79. The molecular formula is C19H25FN2O2. The van der Waals surface area contributed by atoms with Crippen LogP contribution >= 0.6 is 0 Å². The molecule has 1 aliphatic rings. The van der Waals surface area contributed by atoms with Crippen LogP contribution in [0.25, 0.3) is 10.9 Å². The second-order valence-electron chi connectivity index (χ2n) is 6.60. The summed E-state index contributed by atoms with van der Waals surface area (Å²) in [5.74, 6) is 0.283. The number of H-pyrrole nitrogens is 1. The molecule has 1 amide bonds. The number of carbonyl (C=O) groups is 1. The van der Waals surface area contributed by atoms with Crippen molar-refractivity contribution in [2.45, 2.75) is 45.1 Å². The van der Waals surface area contributed by atoms with Crippen LogP contribution in [0, 0.1) is 11.7 Å². The predicted octanol–water partition coefficient (Wildman–Crippen LogP) is 3.56. The topological polar surface area (TPSA) is 54.1 Å². The average molecular weight is 332 g/mol. The number of hydrogen-bond donors (Lipinski definition) is 2. The zero-order chi connectivity index (χ0) is 16.9. The van der Waals surface area contributed by atoms with Gasteiger partial charge in [0.1, 0.15) is 5.82 Å². The fourth-order valence-corrected chi connectivity index (χ4v) is 3.46. The molecule has 130 valence electrons. The lowest BCUT2D eigenvalue weighted by molar-refractivity contribution is -0.123. The second kappa shape index (κ2) is 7.79. The maximum absolute atomic E-state index is 13.4. The lowest BCUT2D eigenvalue weighted by Gasteiger charge is -2.28. The van der Waals surface area contributed by atoms with Gasteiger partial charge in [0.15, 0.2) is 0 Å². The number of hydrogen-bond acceptors (Lipinski definition) is 2. The van der Waals surface area contributed by atoms with Crippen molar-refractivity contribution in [3.05, 3.63) is 35.8 Å². The van der Waals surface area contributed by atoms with Crippen LogP contribution in [0.15, 0.2) is 24.4 Å². The highest BCUT2D eigenvalue weighted by molar-refractivity contribution is 5.83. The Labute approximate surface area is 141 Å². The summed E-state index contributed by atoms with van der Waals surface area (Å²) in [4.78, 5) is 15.3. The van der Waals surface area contributed by atoms with Crippen molar-refractivity contribution >= 4 is 16.8 Å². The molecule has 0 saturated carbocycles. The zero-order valence-electron chi connectivity index (χ0n) is 14.1. The van der Waals surface area contributed by atoms with Gasteiger partial charge in [-0.2, -0.15) is 0 Å². The van der Waals surface area contributed by atoms with E-state index in [9.17, 15) is 9.18 Å². The minimum Gasteiger partial charge on any atom is -0.378 e. The molecule has 2 heterocycles. The molecule has 4 nitrogen and oxygen atoms in total. The van der Waals surface area contributed by atoms with E-state index in [-0.39, 0.29) is 11.7 Å². The van der Waals surface area contributed by atoms with E-state index in [0.29, 0.717) is 31.4 Å². The highest BCUT2D eigenvalue weighted by atomic mass is 19.1. The van der Waals surface area contributed by atoms with Crippen LogP contribution in [0.2, 0.25) is 0 Å². The van der Waals surface area contributed by atoms with Crippen molar-refractivity contribution in [3.8, 4) is 0 Å². The maximum atomic E-state index is 13.4. The molecule has 2 N–H and O–H groups in total. The van der Waals surface area contributed by atoms with Gasteiger partial charge in [-0.05, 0) is 55.4 Å². The Morgan fingerprint density at radius 1 is 1.46 bits per heavy atom. The van der Waals surface area contributed by atoms with E-state index in [4.69, 9.17) is 4.74 Å².